The molecule has 0 aliphatic carbocycles. The molecule has 0 spiro atoms. The maximum Gasteiger partial charge on any atom is 0.185 e. The van der Waals surface area contributed by atoms with Gasteiger partial charge >= 0.3 is 0 Å². The Kier molecular flexibility index (Phi) is 5.59. The first-order valence-electron chi connectivity index (χ1n) is 2.21. The van der Waals surface area contributed by atoms with Crippen LogP contribution in [0.15, 0.2) is 4.99 Å². The fourth-order valence-electron chi connectivity index (χ4n) is 0.219. The average molecular weight is 154 g/mol. The van der Waals surface area contributed by atoms with Crippen molar-refractivity contribution >= 4 is 28.1 Å². The van der Waals surface area contributed by atoms with E-state index in [0.717, 1.165) is 12.0 Å². The van der Waals surface area contributed by atoms with E-state index in [2.05, 4.69) is 9.18 Å². The molecular weight excluding hydrogens is 146 g/mol. The van der Waals surface area contributed by atoms with Crippen LogP contribution in [-0.4, -0.2) is 18.2 Å². The molecule has 0 rings (SSSR count). The summed E-state index contributed by atoms with van der Waals surface area (Å²) in [7, 11) is 1.55. The lowest BCUT2D eigenvalue weighted by Crippen LogP contribution is -1.80. The standard InChI is InChI=1S/C4H8ClNOS/c1-3-6-4(5)8-7-2/h3H2,1-2H3/b6-4-. The lowest BCUT2D eigenvalue weighted by atomic mass is 10.8. The van der Waals surface area contributed by atoms with Crippen molar-refractivity contribution in [3.63, 3.8) is 0 Å². The highest BCUT2D eigenvalue weighted by atomic mass is 35.5. The van der Waals surface area contributed by atoms with Crippen molar-refractivity contribution in [1.29, 1.82) is 0 Å². The van der Waals surface area contributed by atoms with Crippen LogP contribution in [0.25, 0.3) is 0 Å². The maximum atomic E-state index is 5.47. The summed E-state index contributed by atoms with van der Waals surface area (Å²) < 4.78 is 5.06. The Bertz CT molecular complexity index is 86.1. The number of halogens is 1. The summed E-state index contributed by atoms with van der Waals surface area (Å²) in [6, 6.07) is 0. The second-order valence-electron chi connectivity index (χ2n) is 0.977. The van der Waals surface area contributed by atoms with Crippen LogP contribution in [0.3, 0.4) is 0 Å². The van der Waals surface area contributed by atoms with Gasteiger partial charge in [0.2, 0.25) is 0 Å². The lowest BCUT2D eigenvalue weighted by molar-refractivity contribution is 0.496. The molecule has 0 atom stereocenters. The third-order valence-corrected chi connectivity index (χ3v) is 1.18. The van der Waals surface area contributed by atoms with Gasteiger partial charge in [-0.1, -0.05) is 11.6 Å². The van der Waals surface area contributed by atoms with Crippen LogP contribution in [-0.2, 0) is 4.18 Å². The number of rotatable bonds is 2. The van der Waals surface area contributed by atoms with Crippen LogP contribution in [0.4, 0.5) is 0 Å². The first-order chi connectivity index (χ1) is 3.81. The Morgan fingerprint density at radius 1 is 1.88 bits per heavy atom. The van der Waals surface area contributed by atoms with Crippen LogP contribution < -0.4 is 0 Å². The molecule has 0 aromatic heterocycles. The topological polar surface area (TPSA) is 21.6 Å². The second kappa shape index (κ2) is 5.41. The monoisotopic (exact) mass is 153 g/mol. The molecule has 0 amide bonds. The molecule has 0 aliphatic heterocycles. The van der Waals surface area contributed by atoms with E-state index in [1.807, 2.05) is 6.92 Å². The van der Waals surface area contributed by atoms with Crippen molar-refractivity contribution < 1.29 is 4.18 Å². The summed E-state index contributed by atoms with van der Waals surface area (Å²) in [5.41, 5.74) is 0. The van der Waals surface area contributed by atoms with E-state index >= 15 is 0 Å². The maximum absolute atomic E-state index is 5.47. The van der Waals surface area contributed by atoms with E-state index in [1.54, 1.807) is 7.11 Å². The molecule has 48 valence electrons. The zero-order valence-corrected chi connectivity index (χ0v) is 6.42. The Hall–Kier alpha value is 0.270. The largest absolute Gasteiger partial charge is 0.312 e. The van der Waals surface area contributed by atoms with Crippen LogP contribution in [0.1, 0.15) is 6.92 Å². The van der Waals surface area contributed by atoms with Crippen molar-refractivity contribution in [2.24, 2.45) is 4.99 Å². The van der Waals surface area contributed by atoms with E-state index in [-0.39, 0.29) is 0 Å². The molecule has 2 nitrogen and oxygen atoms in total. The van der Waals surface area contributed by atoms with Gasteiger partial charge in [0.25, 0.3) is 0 Å². The molecule has 0 unspecified atom stereocenters. The van der Waals surface area contributed by atoms with Gasteiger partial charge in [0.1, 0.15) is 0 Å². The highest BCUT2D eigenvalue weighted by Gasteiger charge is 1.89. The molecule has 0 saturated carbocycles. The van der Waals surface area contributed by atoms with Crippen LogP contribution in [0, 0.1) is 0 Å². The molecule has 0 saturated heterocycles. The van der Waals surface area contributed by atoms with Gasteiger partial charge < -0.3 is 4.18 Å². The van der Waals surface area contributed by atoms with Gasteiger partial charge in [0.05, 0.1) is 19.2 Å². The summed E-state index contributed by atoms with van der Waals surface area (Å²) in [5.74, 6) is 0. The van der Waals surface area contributed by atoms with Crippen molar-refractivity contribution in [1.82, 2.24) is 0 Å². The second-order valence-corrected chi connectivity index (χ2v) is 2.45. The first kappa shape index (κ1) is 8.27. The minimum absolute atomic E-state index is 0.454. The first-order valence-corrected chi connectivity index (χ1v) is 3.33. The molecule has 0 aliphatic rings. The fourth-order valence-corrected chi connectivity index (χ4v) is 0.847. The average Bonchev–Trinajstić information content (AvgIpc) is 1.68. The fraction of sp³-hybridized carbons (Fsp3) is 0.750. The van der Waals surface area contributed by atoms with Crippen molar-refractivity contribution in [2.75, 3.05) is 13.7 Å². The van der Waals surface area contributed by atoms with Crippen molar-refractivity contribution in [3.8, 4) is 0 Å². The highest BCUT2D eigenvalue weighted by molar-refractivity contribution is 8.12. The summed E-state index contributed by atoms with van der Waals surface area (Å²) in [6.07, 6.45) is 0. The molecule has 0 bridgehead atoms. The minimum Gasteiger partial charge on any atom is -0.312 e. The van der Waals surface area contributed by atoms with Gasteiger partial charge in [-0.15, -0.1) is 0 Å². The Labute approximate surface area is 58.5 Å². The smallest absolute Gasteiger partial charge is 0.185 e. The highest BCUT2D eigenvalue weighted by Crippen LogP contribution is 2.06. The predicted octanol–water partition coefficient (Wildman–Crippen LogP) is 1.90. The predicted molar refractivity (Wildman–Crippen MR) is 38.4 cm³/mol. The van der Waals surface area contributed by atoms with Crippen molar-refractivity contribution in [3.05, 3.63) is 0 Å². The van der Waals surface area contributed by atoms with Crippen LogP contribution in [0.2, 0.25) is 0 Å². The molecule has 0 heterocycles. The molecule has 0 fully saturated rings. The van der Waals surface area contributed by atoms with Gasteiger partial charge in [-0.3, -0.25) is 4.99 Å². The van der Waals surface area contributed by atoms with E-state index in [1.165, 1.54) is 0 Å². The van der Waals surface area contributed by atoms with Gasteiger partial charge in [-0.2, -0.15) is 0 Å². The van der Waals surface area contributed by atoms with E-state index in [9.17, 15) is 0 Å². The van der Waals surface area contributed by atoms with Crippen LogP contribution in [0.5, 0.6) is 0 Å². The number of aliphatic imine (C=N–C) groups is 1. The minimum atomic E-state index is 0.454. The molecular formula is C4H8ClNOS. The Balaban J connectivity index is 3.29. The Morgan fingerprint density at radius 2 is 2.50 bits per heavy atom. The normalized spacial score (nSPS) is 12.1. The van der Waals surface area contributed by atoms with Crippen molar-refractivity contribution in [2.45, 2.75) is 6.92 Å². The zero-order chi connectivity index (χ0) is 6.41. The summed E-state index contributed by atoms with van der Waals surface area (Å²) in [4.78, 5) is 3.83. The summed E-state index contributed by atoms with van der Waals surface area (Å²) in [5, 5.41) is 0. The molecule has 0 radical (unpaired) electrons. The Morgan fingerprint density at radius 3 is 2.88 bits per heavy atom. The molecule has 0 aromatic carbocycles. The molecule has 4 heteroatoms. The number of hydrogen-bond acceptors (Lipinski definition) is 3. The van der Waals surface area contributed by atoms with Gasteiger partial charge in [-0.05, 0) is 6.92 Å². The third kappa shape index (κ3) is 4.43. The summed E-state index contributed by atoms with van der Waals surface area (Å²) >= 11 is 6.54. The lowest BCUT2D eigenvalue weighted by Gasteiger charge is -1.89. The van der Waals surface area contributed by atoms with Gasteiger partial charge in [0.15, 0.2) is 4.50 Å². The quantitative estimate of drug-likeness (QED) is 0.343. The molecule has 8 heavy (non-hydrogen) atoms. The zero-order valence-electron chi connectivity index (χ0n) is 4.85. The SMILES string of the molecule is CC/N=C(/Cl)SOC. The third-order valence-electron chi connectivity index (χ3n) is 0.435. The summed E-state index contributed by atoms with van der Waals surface area (Å²) in [6.45, 7) is 2.62. The van der Waals surface area contributed by atoms with Crippen LogP contribution >= 0.6 is 23.6 Å². The van der Waals surface area contributed by atoms with E-state index < -0.39 is 0 Å². The number of nitrogens with zero attached hydrogens (tertiary/aromatic N) is 1. The number of hydrogen-bond donors (Lipinski definition) is 0. The van der Waals surface area contributed by atoms with Gasteiger partial charge in [0, 0.05) is 6.54 Å². The van der Waals surface area contributed by atoms with Gasteiger partial charge in [-0.25, -0.2) is 0 Å². The molecule has 0 N–H and O–H groups in total. The molecule has 0 aromatic rings. The van der Waals surface area contributed by atoms with E-state index in [0.29, 0.717) is 11.0 Å². The van der Waals surface area contributed by atoms with E-state index in [4.69, 9.17) is 11.6 Å².